The Hall–Kier alpha value is -2.93. The van der Waals surface area contributed by atoms with Crippen molar-refractivity contribution in [2.75, 3.05) is 18.4 Å². The SMILES string of the molecule is CC1CN(S(=O)(=O)c2ccc(C(=O)Nc3nc4cc([N+](=O)[O-])ccc4s3)cc2)CC(C)O1. The van der Waals surface area contributed by atoms with Crippen molar-refractivity contribution in [3.8, 4) is 0 Å². The lowest BCUT2D eigenvalue weighted by Crippen LogP contribution is -2.48. The van der Waals surface area contributed by atoms with Crippen LogP contribution in [0.4, 0.5) is 10.8 Å². The van der Waals surface area contributed by atoms with Crippen molar-refractivity contribution in [3.05, 3.63) is 58.1 Å². The number of sulfonamides is 1. The van der Waals surface area contributed by atoms with Crippen LogP contribution in [0.25, 0.3) is 10.2 Å². The topological polar surface area (TPSA) is 132 Å². The van der Waals surface area contributed by atoms with Gasteiger partial charge in [0.15, 0.2) is 5.13 Å². The number of hydrogen-bond donors (Lipinski definition) is 1. The van der Waals surface area contributed by atoms with Gasteiger partial charge in [-0.3, -0.25) is 20.2 Å². The van der Waals surface area contributed by atoms with E-state index in [1.807, 2.05) is 13.8 Å². The Bertz CT molecular complexity index is 1280. The van der Waals surface area contributed by atoms with E-state index in [1.54, 1.807) is 6.07 Å². The van der Waals surface area contributed by atoms with Crippen molar-refractivity contribution >= 4 is 48.3 Å². The molecule has 12 heteroatoms. The van der Waals surface area contributed by atoms with E-state index < -0.39 is 20.9 Å². The van der Waals surface area contributed by atoms with Crippen molar-refractivity contribution in [1.82, 2.24) is 9.29 Å². The molecule has 168 valence electrons. The number of aromatic nitrogens is 1. The molecule has 0 bridgehead atoms. The quantitative estimate of drug-likeness (QED) is 0.441. The predicted octanol–water partition coefficient (Wildman–Crippen LogP) is 3.25. The van der Waals surface area contributed by atoms with Crippen LogP contribution in [-0.2, 0) is 14.8 Å². The largest absolute Gasteiger partial charge is 0.373 e. The third kappa shape index (κ3) is 4.48. The first kappa shape index (κ1) is 22.3. The highest BCUT2D eigenvalue weighted by molar-refractivity contribution is 7.89. The number of carbonyl (C=O) groups is 1. The molecule has 1 aromatic heterocycles. The number of nitro groups is 1. The number of non-ortho nitro benzene ring substituents is 1. The first-order chi connectivity index (χ1) is 15.1. The van der Waals surface area contributed by atoms with E-state index in [-0.39, 0.29) is 41.4 Å². The molecule has 0 aliphatic carbocycles. The molecule has 3 aromatic rings. The molecule has 1 amide bonds. The molecule has 2 heterocycles. The van der Waals surface area contributed by atoms with Gasteiger partial charge in [0.2, 0.25) is 10.0 Å². The normalized spacial score (nSPS) is 19.7. The van der Waals surface area contributed by atoms with Gasteiger partial charge >= 0.3 is 0 Å². The van der Waals surface area contributed by atoms with Crippen LogP contribution in [0.3, 0.4) is 0 Å². The Morgan fingerprint density at radius 1 is 1.19 bits per heavy atom. The standard InChI is InChI=1S/C20H20N4O6S2/c1-12-10-23(11-13(2)30-12)32(28,29)16-6-3-14(4-7-16)19(25)22-20-21-17-9-15(24(26)27)5-8-18(17)31-20/h3-9,12-13H,10-11H2,1-2H3,(H,21,22,25). The summed E-state index contributed by atoms with van der Waals surface area (Å²) in [4.78, 5) is 27.3. The van der Waals surface area contributed by atoms with Crippen molar-refractivity contribution in [1.29, 1.82) is 0 Å². The van der Waals surface area contributed by atoms with E-state index in [9.17, 15) is 23.3 Å². The highest BCUT2D eigenvalue weighted by Crippen LogP contribution is 2.29. The van der Waals surface area contributed by atoms with Crippen LogP contribution in [0.5, 0.6) is 0 Å². The van der Waals surface area contributed by atoms with Gasteiger partial charge < -0.3 is 4.74 Å². The minimum absolute atomic E-state index is 0.0819. The minimum Gasteiger partial charge on any atom is -0.373 e. The zero-order chi connectivity index (χ0) is 23.0. The maximum Gasteiger partial charge on any atom is 0.271 e. The van der Waals surface area contributed by atoms with E-state index in [0.717, 1.165) is 0 Å². The third-order valence-corrected chi connectivity index (χ3v) is 7.74. The number of fused-ring (bicyclic) bond motifs is 1. The number of carbonyl (C=O) groups excluding carboxylic acids is 1. The van der Waals surface area contributed by atoms with E-state index in [2.05, 4.69) is 10.3 Å². The van der Waals surface area contributed by atoms with Gasteiger partial charge in [0.05, 0.1) is 32.2 Å². The van der Waals surface area contributed by atoms with Crippen LogP contribution in [0.15, 0.2) is 47.4 Å². The third-order valence-electron chi connectivity index (χ3n) is 4.94. The molecule has 0 saturated carbocycles. The Balaban J connectivity index is 1.49. The molecule has 4 rings (SSSR count). The van der Waals surface area contributed by atoms with Gasteiger partial charge in [0.1, 0.15) is 0 Å². The van der Waals surface area contributed by atoms with Crippen LogP contribution in [0.2, 0.25) is 0 Å². The second kappa shape index (κ2) is 8.54. The average Bonchev–Trinajstić information content (AvgIpc) is 3.14. The van der Waals surface area contributed by atoms with Gasteiger partial charge in [-0.15, -0.1) is 0 Å². The smallest absolute Gasteiger partial charge is 0.271 e. The molecule has 0 radical (unpaired) electrons. The van der Waals surface area contributed by atoms with Crippen molar-refractivity contribution in [3.63, 3.8) is 0 Å². The van der Waals surface area contributed by atoms with Gasteiger partial charge in [-0.05, 0) is 44.2 Å². The van der Waals surface area contributed by atoms with E-state index in [0.29, 0.717) is 15.3 Å². The minimum atomic E-state index is -3.70. The Kier molecular flexibility index (Phi) is 5.95. The van der Waals surface area contributed by atoms with Crippen LogP contribution >= 0.6 is 11.3 Å². The highest BCUT2D eigenvalue weighted by atomic mass is 32.2. The zero-order valence-electron chi connectivity index (χ0n) is 17.2. The molecule has 32 heavy (non-hydrogen) atoms. The molecule has 2 unspecified atom stereocenters. The molecule has 1 N–H and O–H groups in total. The molecule has 2 atom stereocenters. The van der Waals surface area contributed by atoms with Crippen LogP contribution in [0, 0.1) is 10.1 Å². The van der Waals surface area contributed by atoms with Crippen LogP contribution in [0.1, 0.15) is 24.2 Å². The summed E-state index contributed by atoms with van der Waals surface area (Å²) in [6.45, 7) is 4.19. The van der Waals surface area contributed by atoms with Crippen molar-refractivity contribution < 1.29 is 22.9 Å². The summed E-state index contributed by atoms with van der Waals surface area (Å²) < 4.78 is 33.6. The first-order valence-corrected chi connectivity index (χ1v) is 12.0. The molecular formula is C20H20N4O6S2. The molecule has 10 nitrogen and oxygen atoms in total. The zero-order valence-corrected chi connectivity index (χ0v) is 18.9. The van der Waals surface area contributed by atoms with E-state index in [4.69, 9.17) is 4.74 Å². The highest BCUT2D eigenvalue weighted by Gasteiger charge is 2.32. The van der Waals surface area contributed by atoms with Crippen LogP contribution in [-0.4, -0.2) is 53.8 Å². The summed E-state index contributed by atoms with van der Waals surface area (Å²) in [5.74, 6) is -0.462. The number of amides is 1. The summed E-state index contributed by atoms with van der Waals surface area (Å²) in [5, 5.41) is 13.8. The first-order valence-electron chi connectivity index (χ1n) is 9.75. The number of ether oxygens (including phenoxy) is 1. The van der Waals surface area contributed by atoms with Gasteiger partial charge in [-0.2, -0.15) is 4.31 Å². The molecule has 2 aromatic carbocycles. The number of nitro benzene ring substituents is 1. The average molecular weight is 477 g/mol. The summed E-state index contributed by atoms with van der Waals surface area (Å²) >= 11 is 1.19. The Morgan fingerprint density at radius 3 is 2.47 bits per heavy atom. The fraction of sp³-hybridized carbons (Fsp3) is 0.300. The molecule has 1 saturated heterocycles. The lowest BCUT2D eigenvalue weighted by atomic mass is 10.2. The van der Waals surface area contributed by atoms with Crippen molar-refractivity contribution in [2.45, 2.75) is 31.0 Å². The fourth-order valence-electron chi connectivity index (χ4n) is 3.51. The maximum atomic E-state index is 12.9. The number of morpholine rings is 1. The lowest BCUT2D eigenvalue weighted by Gasteiger charge is -2.34. The number of rotatable bonds is 5. The van der Waals surface area contributed by atoms with Crippen molar-refractivity contribution in [2.24, 2.45) is 0 Å². The maximum absolute atomic E-state index is 12.9. The van der Waals surface area contributed by atoms with Gasteiger partial charge in [0, 0.05) is 30.8 Å². The number of benzene rings is 2. The van der Waals surface area contributed by atoms with Gasteiger partial charge in [0.25, 0.3) is 11.6 Å². The second-order valence-electron chi connectivity index (χ2n) is 7.49. The fourth-order valence-corrected chi connectivity index (χ4v) is 5.94. The van der Waals surface area contributed by atoms with Crippen LogP contribution < -0.4 is 5.32 Å². The Morgan fingerprint density at radius 2 is 1.84 bits per heavy atom. The Labute approximate surface area is 188 Å². The molecule has 1 aliphatic rings. The number of nitrogens with one attached hydrogen (secondary N) is 1. The summed E-state index contributed by atoms with van der Waals surface area (Å²) in [5.41, 5.74) is 0.592. The monoisotopic (exact) mass is 476 g/mol. The molecule has 0 spiro atoms. The number of nitrogens with zero attached hydrogens (tertiary/aromatic N) is 3. The number of thiazole rings is 1. The number of anilines is 1. The molecule has 1 fully saturated rings. The summed E-state index contributed by atoms with van der Waals surface area (Å²) in [7, 11) is -3.70. The van der Waals surface area contributed by atoms with E-state index >= 15 is 0 Å². The molecular weight excluding hydrogens is 456 g/mol. The van der Waals surface area contributed by atoms with E-state index in [1.165, 1.54) is 52.0 Å². The second-order valence-corrected chi connectivity index (χ2v) is 10.5. The summed E-state index contributed by atoms with van der Waals surface area (Å²) in [6.07, 6.45) is -0.400. The van der Waals surface area contributed by atoms with Gasteiger partial charge in [-0.25, -0.2) is 13.4 Å². The van der Waals surface area contributed by atoms with Gasteiger partial charge in [-0.1, -0.05) is 11.3 Å². The predicted molar refractivity (Wildman–Crippen MR) is 119 cm³/mol. The lowest BCUT2D eigenvalue weighted by molar-refractivity contribution is -0.384. The molecule has 1 aliphatic heterocycles. The number of hydrogen-bond acceptors (Lipinski definition) is 8. The summed E-state index contributed by atoms with van der Waals surface area (Å²) in [6, 6.07) is 9.97.